The molecule has 4 nitrogen and oxygen atoms in total. The lowest BCUT2D eigenvalue weighted by Gasteiger charge is -2.30. The normalized spacial score (nSPS) is 11.2. The van der Waals surface area contributed by atoms with Gasteiger partial charge in [-0.3, -0.25) is 0 Å². The van der Waals surface area contributed by atoms with E-state index in [0.717, 1.165) is 76.0 Å². The van der Waals surface area contributed by atoms with Gasteiger partial charge in [0.05, 0.1) is 0 Å². The van der Waals surface area contributed by atoms with E-state index in [0.29, 0.717) is 0 Å². The summed E-state index contributed by atoms with van der Waals surface area (Å²) in [6.45, 7) is 4.42. The van der Waals surface area contributed by atoms with Crippen molar-refractivity contribution < 1.29 is 0 Å². The molecule has 0 fully saturated rings. The largest absolute Gasteiger partial charge is 0.356 e. The predicted octanol–water partition coefficient (Wildman–Crippen LogP) is 31.2. The predicted molar refractivity (Wildman–Crippen MR) is 453 cm³/mol. The first-order valence-corrected chi connectivity index (χ1v) is 39.1. The van der Waals surface area contributed by atoms with E-state index in [-0.39, 0.29) is 0 Å². The Morgan fingerprint density at radius 3 is 0.850 bits per heavy atom. The minimum absolute atomic E-state index is 1.01. The molecule has 0 saturated heterocycles. The van der Waals surface area contributed by atoms with Crippen molar-refractivity contribution in [2.75, 3.05) is 20.0 Å². The number of fused-ring (bicyclic) bond motifs is 12. The molecule has 1 N–H and O–H groups in total. The molecule has 0 unspecified atom stereocenters. The van der Waals surface area contributed by atoms with E-state index in [1.165, 1.54) is 100.0 Å². The van der Waals surface area contributed by atoms with Crippen LogP contribution in [0.5, 0.6) is 0 Å². The van der Waals surface area contributed by atoms with E-state index in [1.807, 2.05) is 69.6 Å². The number of anilines is 11. The Balaban J connectivity index is 0.000000129. The fourth-order valence-corrected chi connectivity index (χ4v) is 19.0. The first-order chi connectivity index (χ1) is 49.2. The summed E-state index contributed by atoms with van der Waals surface area (Å²) in [6, 6.07) is 117. The van der Waals surface area contributed by atoms with Crippen LogP contribution in [0.1, 0.15) is 33.1 Å². The third kappa shape index (κ3) is 14.5. The van der Waals surface area contributed by atoms with Gasteiger partial charge in [0.15, 0.2) is 0 Å². The molecule has 100 heavy (non-hydrogen) atoms. The first-order valence-electron chi connectivity index (χ1n) is 33.5. The van der Waals surface area contributed by atoms with Crippen molar-refractivity contribution in [3.63, 3.8) is 0 Å². The van der Waals surface area contributed by atoms with Gasteiger partial charge in [-0.25, -0.2) is 0 Å². The van der Waals surface area contributed by atoms with Gasteiger partial charge >= 0.3 is 0 Å². The lowest BCUT2D eigenvalue weighted by atomic mass is 10.1. The van der Waals surface area contributed by atoms with Crippen molar-refractivity contribution in [2.45, 2.75) is 33.1 Å². The molecule has 0 spiro atoms. The number of thiophene rings is 4. The summed E-state index contributed by atoms with van der Waals surface area (Å²) < 4.78 is 13.6. The molecule has 18 rings (SSSR count). The van der Waals surface area contributed by atoms with Gasteiger partial charge in [-0.1, -0.05) is 226 Å². The van der Waals surface area contributed by atoms with Gasteiger partial charge < -0.3 is 20.0 Å². The van der Waals surface area contributed by atoms with Crippen molar-refractivity contribution in [2.24, 2.45) is 0 Å². The van der Waals surface area contributed by atoms with Crippen molar-refractivity contribution in [1.29, 1.82) is 0 Å². The Labute approximate surface area is 624 Å². The standard InChI is InChI=1S/C42H27BrN2S2.C24H15Br2NS.C18H13NS.C5H12/c43-28-23-33(44(29-11-3-1-4-12-29)31-19-21-41-37(26-31)35-15-7-9-17-39(35)46-41)25-34(24-28)45(30-13-5-2-6-14-30)32-20-22-42-38(27-32)36-16-8-10-18-40(36)47-42;25-16-12-17(26)14-20(13-16)27(18-6-2-1-3-7-18)19-10-11-24-22(15-19)21-8-4-5-9-23(21)28-24;1-2-6-13(7-3-1)19-14-10-11-18-16(12-14)15-8-4-5-9-17(15)20-18;1-3-5-4-2/h1-27H;1-15H;1-12,19H;3-5H2,1-2H3. The Hall–Kier alpha value is -9.40. The lowest BCUT2D eigenvalue weighted by Crippen LogP contribution is -2.13. The third-order valence-electron chi connectivity index (χ3n) is 17.5. The van der Waals surface area contributed by atoms with Gasteiger partial charge in [-0.2, -0.15) is 0 Å². The van der Waals surface area contributed by atoms with Crippen LogP contribution in [0, 0.1) is 0 Å². The third-order valence-corrected chi connectivity index (χ3v) is 23.5. The number of benzene rings is 14. The van der Waals surface area contributed by atoms with Crippen molar-refractivity contribution in [3.8, 4) is 0 Å². The van der Waals surface area contributed by atoms with E-state index < -0.39 is 0 Å². The zero-order valence-corrected chi connectivity index (χ0v) is 62.9. The molecular weight excluding hydrogens is 1490 g/mol. The zero-order valence-electron chi connectivity index (χ0n) is 54.9. The summed E-state index contributed by atoms with van der Waals surface area (Å²) in [5.74, 6) is 0. The molecule has 11 heteroatoms. The number of halogens is 3. The van der Waals surface area contributed by atoms with Gasteiger partial charge in [-0.15, -0.1) is 45.3 Å². The van der Waals surface area contributed by atoms with Crippen molar-refractivity contribution >= 4 is 236 Å². The second kappa shape index (κ2) is 30.6. The Morgan fingerprint density at radius 1 is 0.230 bits per heavy atom. The number of hydrogen-bond donors (Lipinski definition) is 1. The van der Waals surface area contributed by atoms with Crippen LogP contribution in [0.4, 0.5) is 62.6 Å². The highest BCUT2D eigenvalue weighted by Crippen LogP contribution is 2.47. The van der Waals surface area contributed by atoms with E-state index in [1.54, 1.807) is 0 Å². The number of hydrogen-bond acceptors (Lipinski definition) is 8. The number of rotatable bonds is 13. The smallest absolute Gasteiger partial charge is 0.0493 e. The second-order valence-corrected chi connectivity index (χ2v) is 31.4. The van der Waals surface area contributed by atoms with Crippen LogP contribution in [0.3, 0.4) is 0 Å². The summed E-state index contributed by atoms with van der Waals surface area (Å²) in [6.07, 6.45) is 4.08. The molecule has 0 saturated carbocycles. The van der Waals surface area contributed by atoms with Crippen molar-refractivity contribution in [3.05, 3.63) is 341 Å². The average molecular weight is 1560 g/mol. The highest BCUT2D eigenvalue weighted by atomic mass is 79.9. The molecular formula is C89H67Br3N4S4. The summed E-state index contributed by atoms with van der Waals surface area (Å²) in [4.78, 5) is 7.01. The minimum atomic E-state index is 1.01. The Morgan fingerprint density at radius 2 is 0.510 bits per heavy atom. The molecule has 0 amide bonds. The Kier molecular flexibility index (Phi) is 20.3. The SMILES string of the molecule is Brc1cc(Br)cc(N(c2ccccc2)c2ccc3sc4ccccc4c3c2)c1.Brc1cc(N(c2ccccc2)c2ccc3sc4ccccc4c3c2)cc(N(c2ccccc2)c2ccc3sc4ccccc4c3c2)c1.CCCCC.c1ccc(Nc2ccc3sc4ccccc4c3c2)cc1. The molecule has 0 aliphatic heterocycles. The van der Waals surface area contributed by atoms with E-state index in [9.17, 15) is 0 Å². The number of unbranched alkanes of at least 4 members (excludes halogenated alkanes) is 2. The maximum atomic E-state index is 3.92. The molecule has 4 heterocycles. The van der Waals surface area contributed by atoms with Crippen LogP contribution in [-0.2, 0) is 0 Å². The molecule has 18 aromatic rings. The molecule has 0 atom stereocenters. The van der Waals surface area contributed by atoms with E-state index >= 15 is 0 Å². The Bertz CT molecular complexity index is 5660. The quantitative estimate of drug-likeness (QED) is 0.124. The van der Waals surface area contributed by atoms with Crippen LogP contribution < -0.4 is 20.0 Å². The van der Waals surface area contributed by atoms with Crippen LogP contribution in [0.15, 0.2) is 341 Å². The van der Waals surface area contributed by atoms with Gasteiger partial charge in [0, 0.05) is 157 Å². The monoisotopic (exact) mass is 1560 g/mol. The molecule has 0 bridgehead atoms. The average Bonchev–Trinajstić information content (AvgIpc) is 1.49. The molecule has 0 aliphatic rings. The maximum absolute atomic E-state index is 3.92. The first kappa shape index (κ1) is 66.5. The van der Waals surface area contributed by atoms with Crippen LogP contribution >= 0.6 is 93.1 Å². The minimum Gasteiger partial charge on any atom is -0.356 e. The highest BCUT2D eigenvalue weighted by molar-refractivity contribution is 9.11. The van der Waals surface area contributed by atoms with Gasteiger partial charge in [0.1, 0.15) is 0 Å². The van der Waals surface area contributed by atoms with E-state index in [4.69, 9.17) is 0 Å². The van der Waals surface area contributed by atoms with Crippen LogP contribution in [0.25, 0.3) is 80.7 Å². The van der Waals surface area contributed by atoms with Crippen LogP contribution in [-0.4, -0.2) is 0 Å². The number of para-hydroxylation sites is 4. The van der Waals surface area contributed by atoms with Gasteiger partial charge in [0.25, 0.3) is 0 Å². The molecule has 0 aliphatic carbocycles. The maximum Gasteiger partial charge on any atom is 0.0493 e. The topological polar surface area (TPSA) is 21.8 Å². The fraction of sp³-hybridized carbons (Fsp3) is 0.0562. The van der Waals surface area contributed by atoms with Gasteiger partial charge in [0.2, 0.25) is 0 Å². The molecule has 4 aromatic heterocycles. The highest BCUT2D eigenvalue weighted by Gasteiger charge is 2.22. The second-order valence-electron chi connectivity index (χ2n) is 24.3. The lowest BCUT2D eigenvalue weighted by molar-refractivity contribution is 0.772. The zero-order chi connectivity index (χ0) is 67.9. The number of nitrogens with zero attached hydrogens (tertiary/aromatic N) is 3. The molecule has 488 valence electrons. The summed E-state index contributed by atoms with van der Waals surface area (Å²) in [5, 5.41) is 13.9. The fourth-order valence-electron chi connectivity index (χ4n) is 13.0. The number of nitrogens with one attached hydrogen (secondary N) is 1. The van der Waals surface area contributed by atoms with Gasteiger partial charge in [-0.05, 0) is 182 Å². The van der Waals surface area contributed by atoms with E-state index in [2.05, 4.69) is 385 Å². The van der Waals surface area contributed by atoms with Crippen molar-refractivity contribution in [1.82, 2.24) is 0 Å². The molecule has 0 radical (unpaired) electrons. The summed E-state index contributed by atoms with van der Waals surface area (Å²) >= 11 is 18.6. The summed E-state index contributed by atoms with van der Waals surface area (Å²) in [7, 11) is 0. The van der Waals surface area contributed by atoms with Crippen LogP contribution in [0.2, 0.25) is 0 Å². The summed E-state index contributed by atoms with van der Waals surface area (Å²) in [5.41, 5.74) is 12.2. The molecule has 14 aromatic carbocycles.